The summed E-state index contributed by atoms with van der Waals surface area (Å²) in [5, 5.41) is 0. The fourth-order valence-electron chi connectivity index (χ4n) is 7.93. The van der Waals surface area contributed by atoms with Crippen molar-refractivity contribution >= 4 is 11.9 Å². The lowest BCUT2D eigenvalue weighted by Crippen LogP contribution is -2.46. The first-order valence-corrected chi connectivity index (χ1v) is 12.3. The van der Waals surface area contributed by atoms with Crippen molar-refractivity contribution in [2.45, 2.75) is 91.6 Å². The second-order valence-corrected chi connectivity index (χ2v) is 11.2. The first-order chi connectivity index (χ1) is 14.7. The maximum atomic E-state index is 11.7. The molecule has 0 radical (unpaired) electrons. The maximum Gasteiger partial charge on any atom is 0.305 e. The largest absolute Gasteiger partial charge is 0.469 e. The molecule has 7 unspecified atom stereocenters. The zero-order valence-corrected chi connectivity index (χ0v) is 20.0. The number of esters is 2. The SMILES string of the molecule is COC(=O)CCC(C)C1CCC2C3=CC=C4CC(OC(C)=O)CCC4(C)C3CCC21C. The summed E-state index contributed by atoms with van der Waals surface area (Å²) in [5.41, 5.74) is 3.74. The molecular weight excluding hydrogens is 388 g/mol. The Balaban J connectivity index is 1.53. The van der Waals surface area contributed by atoms with Crippen LogP contribution in [0.4, 0.5) is 0 Å². The Kier molecular flexibility index (Phi) is 6.13. The van der Waals surface area contributed by atoms with Crippen molar-refractivity contribution in [1.82, 2.24) is 0 Å². The number of methoxy groups -OCH3 is 1. The van der Waals surface area contributed by atoms with Crippen LogP contribution in [0.25, 0.3) is 0 Å². The molecule has 3 saturated carbocycles. The summed E-state index contributed by atoms with van der Waals surface area (Å²) < 4.78 is 10.4. The van der Waals surface area contributed by atoms with Gasteiger partial charge in [-0.15, -0.1) is 0 Å². The summed E-state index contributed by atoms with van der Waals surface area (Å²) in [6.45, 7) is 8.86. The molecule has 31 heavy (non-hydrogen) atoms. The lowest BCUT2D eigenvalue weighted by atomic mass is 9.50. The number of rotatable bonds is 5. The van der Waals surface area contributed by atoms with Crippen LogP contribution in [0.1, 0.15) is 85.5 Å². The van der Waals surface area contributed by atoms with Gasteiger partial charge in [-0.05, 0) is 79.4 Å². The third kappa shape index (κ3) is 3.89. The third-order valence-electron chi connectivity index (χ3n) is 9.65. The number of carbonyl (C=O) groups excluding carboxylic acids is 2. The molecule has 0 spiro atoms. The van der Waals surface area contributed by atoms with Crippen LogP contribution in [-0.2, 0) is 19.1 Å². The van der Waals surface area contributed by atoms with Crippen LogP contribution in [0.2, 0.25) is 0 Å². The van der Waals surface area contributed by atoms with Gasteiger partial charge in [-0.2, -0.15) is 0 Å². The average molecular weight is 429 g/mol. The van der Waals surface area contributed by atoms with Gasteiger partial charge in [0.15, 0.2) is 0 Å². The number of hydrogen-bond donors (Lipinski definition) is 0. The van der Waals surface area contributed by atoms with Gasteiger partial charge in [-0.3, -0.25) is 9.59 Å². The molecule has 0 aromatic heterocycles. The molecular formula is C27H40O4. The van der Waals surface area contributed by atoms with E-state index >= 15 is 0 Å². The molecule has 0 aromatic rings. The van der Waals surface area contributed by atoms with Crippen molar-refractivity contribution in [3.8, 4) is 0 Å². The van der Waals surface area contributed by atoms with E-state index < -0.39 is 0 Å². The molecule has 4 aliphatic rings. The highest BCUT2D eigenvalue weighted by Gasteiger charge is 2.57. The molecule has 4 nitrogen and oxygen atoms in total. The summed E-state index contributed by atoms with van der Waals surface area (Å²) in [4.78, 5) is 23.1. The highest BCUT2D eigenvalue weighted by molar-refractivity contribution is 5.69. The van der Waals surface area contributed by atoms with E-state index in [4.69, 9.17) is 9.47 Å². The summed E-state index contributed by atoms with van der Waals surface area (Å²) in [6.07, 6.45) is 14.4. The average Bonchev–Trinajstić information content (AvgIpc) is 3.09. The number of allylic oxidation sites excluding steroid dienone is 3. The van der Waals surface area contributed by atoms with Crippen LogP contribution in [-0.4, -0.2) is 25.2 Å². The lowest BCUT2D eigenvalue weighted by molar-refractivity contribution is -0.148. The van der Waals surface area contributed by atoms with Crippen LogP contribution in [0.5, 0.6) is 0 Å². The Morgan fingerprint density at radius 3 is 2.58 bits per heavy atom. The molecule has 4 rings (SSSR count). The molecule has 4 aliphatic carbocycles. The topological polar surface area (TPSA) is 52.6 Å². The van der Waals surface area contributed by atoms with Crippen molar-refractivity contribution in [2.75, 3.05) is 7.11 Å². The minimum Gasteiger partial charge on any atom is -0.469 e. The minimum absolute atomic E-state index is 0.0483. The number of ether oxygens (including phenoxy) is 2. The van der Waals surface area contributed by atoms with Gasteiger partial charge in [-0.1, -0.05) is 44.1 Å². The Morgan fingerprint density at radius 1 is 1.10 bits per heavy atom. The number of fused-ring (bicyclic) bond motifs is 5. The maximum absolute atomic E-state index is 11.7. The zero-order chi connectivity index (χ0) is 22.4. The van der Waals surface area contributed by atoms with Crippen molar-refractivity contribution in [3.63, 3.8) is 0 Å². The molecule has 0 heterocycles. The van der Waals surface area contributed by atoms with Crippen LogP contribution in [0, 0.1) is 34.5 Å². The second-order valence-electron chi connectivity index (χ2n) is 11.2. The molecule has 7 atom stereocenters. The highest BCUT2D eigenvalue weighted by atomic mass is 16.5. The first-order valence-electron chi connectivity index (χ1n) is 12.3. The normalized spacial score (nSPS) is 39.9. The number of hydrogen-bond acceptors (Lipinski definition) is 4. The van der Waals surface area contributed by atoms with Crippen molar-refractivity contribution < 1.29 is 19.1 Å². The van der Waals surface area contributed by atoms with Crippen molar-refractivity contribution in [2.24, 2.45) is 34.5 Å². The first kappa shape index (κ1) is 22.6. The number of carbonyl (C=O) groups is 2. The van der Waals surface area contributed by atoms with E-state index in [1.165, 1.54) is 45.3 Å². The van der Waals surface area contributed by atoms with Gasteiger partial charge in [0.2, 0.25) is 0 Å². The smallest absolute Gasteiger partial charge is 0.305 e. The van der Waals surface area contributed by atoms with Crippen LogP contribution in [0.15, 0.2) is 23.3 Å². The van der Waals surface area contributed by atoms with Crippen molar-refractivity contribution in [3.05, 3.63) is 23.3 Å². The Hall–Kier alpha value is -1.58. The second kappa shape index (κ2) is 8.41. The summed E-state index contributed by atoms with van der Waals surface area (Å²) >= 11 is 0. The fourth-order valence-corrected chi connectivity index (χ4v) is 7.93. The Bertz CT molecular complexity index is 795. The molecule has 0 saturated heterocycles. The molecule has 172 valence electrons. The lowest BCUT2D eigenvalue weighted by Gasteiger charge is -2.55. The predicted molar refractivity (Wildman–Crippen MR) is 121 cm³/mol. The van der Waals surface area contributed by atoms with Gasteiger partial charge in [0.1, 0.15) is 6.10 Å². The van der Waals surface area contributed by atoms with E-state index in [2.05, 4.69) is 32.9 Å². The van der Waals surface area contributed by atoms with E-state index in [1.807, 2.05) is 0 Å². The van der Waals surface area contributed by atoms with Gasteiger partial charge < -0.3 is 9.47 Å². The van der Waals surface area contributed by atoms with Gasteiger partial charge in [0.25, 0.3) is 0 Å². The molecule has 0 bridgehead atoms. The van der Waals surface area contributed by atoms with Crippen LogP contribution in [0.3, 0.4) is 0 Å². The standard InChI is InChI=1S/C27H40O4/c1-17(6-11-25(29)30-5)22-9-10-23-21-8-7-19-16-20(31-18(2)28)12-14-26(19,3)24(21)13-15-27(22,23)4/h7-8,17,20,22-24H,6,9-16H2,1-5H3. The summed E-state index contributed by atoms with van der Waals surface area (Å²) in [7, 11) is 1.48. The summed E-state index contributed by atoms with van der Waals surface area (Å²) in [6, 6.07) is 0. The zero-order valence-electron chi connectivity index (χ0n) is 20.0. The van der Waals surface area contributed by atoms with Crippen LogP contribution < -0.4 is 0 Å². The third-order valence-corrected chi connectivity index (χ3v) is 9.65. The molecule has 0 N–H and O–H groups in total. The molecule has 3 fully saturated rings. The molecule has 4 heteroatoms. The van der Waals surface area contributed by atoms with Crippen LogP contribution >= 0.6 is 0 Å². The molecule has 0 aliphatic heterocycles. The van der Waals surface area contributed by atoms with Gasteiger partial charge in [0.05, 0.1) is 7.11 Å². The van der Waals surface area contributed by atoms with E-state index in [0.717, 1.165) is 25.7 Å². The van der Waals surface area contributed by atoms with Crippen molar-refractivity contribution in [1.29, 1.82) is 0 Å². The van der Waals surface area contributed by atoms with E-state index in [-0.39, 0.29) is 23.5 Å². The Labute approximate surface area is 187 Å². The molecule has 0 amide bonds. The minimum atomic E-state index is -0.159. The van der Waals surface area contributed by atoms with E-state index in [9.17, 15) is 9.59 Å². The van der Waals surface area contributed by atoms with E-state index in [1.54, 1.807) is 5.57 Å². The van der Waals surface area contributed by atoms with E-state index in [0.29, 0.717) is 35.5 Å². The van der Waals surface area contributed by atoms with Gasteiger partial charge >= 0.3 is 11.9 Å². The fraction of sp³-hybridized carbons (Fsp3) is 0.778. The summed E-state index contributed by atoms with van der Waals surface area (Å²) in [5.74, 6) is 2.29. The van der Waals surface area contributed by atoms with Gasteiger partial charge in [0, 0.05) is 19.8 Å². The predicted octanol–water partition coefficient (Wildman–Crippen LogP) is 6.01. The highest BCUT2D eigenvalue weighted by Crippen LogP contribution is 2.66. The van der Waals surface area contributed by atoms with Gasteiger partial charge in [-0.25, -0.2) is 0 Å². The monoisotopic (exact) mass is 428 g/mol. The Morgan fingerprint density at radius 2 is 1.87 bits per heavy atom. The molecule has 0 aromatic carbocycles. The quantitative estimate of drug-likeness (QED) is 0.504.